The van der Waals surface area contributed by atoms with Gasteiger partial charge in [-0.3, -0.25) is 0 Å². The molecule has 1 aliphatic carbocycles. The number of nitrogens with one attached hydrogen (secondary N) is 1. The van der Waals surface area contributed by atoms with Gasteiger partial charge in [0.25, 0.3) is 0 Å². The second-order valence-corrected chi connectivity index (χ2v) is 6.82. The van der Waals surface area contributed by atoms with Crippen molar-refractivity contribution in [3.63, 3.8) is 0 Å². The summed E-state index contributed by atoms with van der Waals surface area (Å²) in [4.78, 5) is 4.77. The van der Waals surface area contributed by atoms with Gasteiger partial charge in [-0.15, -0.1) is 0 Å². The standard InChI is InChI=1S/C18H18N2S/c1-12-5-4-8-16-17(12)20-18(21-16)19-15-10-9-13-6-2-3-7-14(13)11-15/h2-8,15H,9-11H2,1H3,(H,19,20). The van der Waals surface area contributed by atoms with Crippen LogP contribution in [0.5, 0.6) is 0 Å². The minimum Gasteiger partial charge on any atom is -0.358 e. The van der Waals surface area contributed by atoms with Gasteiger partial charge in [0.15, 0.2) is 5.13 Å². The number of thiazole rings is 1. The minimum atomic E-state index is 0.501. The predicted octanol–water partition coefficient (Wildman–Crippen LogP) is 4.57. The van der Waals surface area contributed by atoms with Crippen molar-refractivity contribution in [3.05, 3.63) is 59.2 Å². The molecule has 1 aliphatic rings. The van der Waals surface area contributed by atoms with Crippen LogP contribution >= 0.6 is 11.3 Å². The molecular formula is C18H18N2S. The van der Waals surface area contributed by atoms with Crippen molar-refractivity contribution in [1.29, 1.82) is 0 Å². The average molecular weight is 294 g/mol. The summed E-state index contributed by atoms with van der Waals surface area (Å²) in [6, 6.07) is 15.7. The van der Waals surface area contributed by atoms with E-state index in [0.717, 1.165) is 23.5 Å². The van der Waals surface area contributed by atoms with Crippen LogP contribution in [0.15, 0.2) is 42.5 Å². The third kappa shape index (κ3) is 2.42. The Kier molecular flexibility index (Phi) is 3.15. The molecule has 3 heteroatoms. The molecule has 0 saturated carbocycles. The number of anilines is 1. The van der Waals surface area contributed by atoms with Crippen LogP contribution in [0.4, 0.5) is 5.13 Å². The van der Waals surface area contributed by atoms with Crippen LogP contribution in [-0.2, 0) is 12.8 Å². The summed E-state index contributed by atoms with van der Waals surface area (Å²) >= 11 is 1.76. The Morgan fingerprint density at radius 3 is 2.81 bits per heavy atom. The zero-order chi connectivity index (χ0) is 14.2. The molecule has 2 aromatic carbocycles. The van der Waals surface area contributed by atoms with Crippen molar-refractivity contribution >= 4 is 26.7 Å². The van der Waals surface area contributed by atoms with Gasteiger partial charge in [0.1, 0.15) is 0 Å². The Labute approximate surface area is 128 Å². The Balaban J connectivity index is 1.57. The first-order valence-corrected chi connectivity index (χ1v) is 8.31. The number of fused-ring (bicyclic) bond motifs is 2. The fraction of sp³-hybridized carbons (Fsp3) is 0.278. The summed E-state index contributed by atoms with van der Waals surface area (Å²) in [6.07, 6.45) is 3.45. The van der Waals surface area contributed by atoms with E-state index in [-0.39, 0.29) is 0 Å². The first-order valence-electron chi connectivity index (χ1n) is 7.49. The SMILES string of the molecule is Cc1cccc2sc(NC3CCc4ccccc4C3)nc12. The van der Waals surface area contributed by atoms with Gasteiger partial charge < -0.3 is 5.32 Å². The highest BCUT2D eigenvalue weighted by atomic mass is 32.1. The number of benzene rings is 2. The van der Waals surface area contributed by atoms with Crippen LogP contribution in [0, 0.1) is 6.92 Å². The maximum atomic E-state index is 4.77. The van der Waals surface area contributed by atoms with Gasteiger partial charge in [0.05, 0.1) is 10.2 Å². The summed E-state index contributed by atoms with van der Waals surface area (Å²) in [5.74, 6) is 0. The van der Waals surface area contributed by atoms with Crippen LogP contribution < -0.4 is 5.32 Å². The van der Waals surface area contributed by atoms with Gasteiger partial charge in [0, 0.05) is 6.04 Å². The molecule has 106 valence electrons. The Bertz CT molecular complexity index is 791. The fourth-order valence-corrected chi connectivity index (χ4v) is 4.16. The monoisotopic (exact) mass is 294 g/mol. The van der Waals surface area contributed by atoms with E-state index >= 15 is 0 Å². The molecule has 4 rings (SSSR count). The highest BCUT2D eigenvalue weighted by Crippen LogP contribution is 2.30. The minimum absolute atomic E-state index is 0.501. The molecule has 0 aliphatic heterocycles. The van der Waals surface area contributed by atoms with Crippen LogP contribution in [0.2, 0.25) is 0 Å². The number of para-hydroxylation sites is 1. The normalized spacial score (nSPS) is 17.7. The largest absolute Gasteiger partial charge is 0.358 e. The number of nitrogens with zero attached hydrogens (tertiary/aromatic N) is 1. The lowest BCUT2D eigenvalue weighted by molar-refractivity contribution is 0.610. The zero-order valence-electron chi connectivity index (χ0n) is 12.1. The Morgan fingerprint density at radius 2 is 1.95 bits per heavy atom. The number of aryl methyl sites for hydroxylation is 2. The van der Waals surface area contributed by atoms with Crippen molar-refractivity contribution in [2.24, 2.45) is 0 Å². The number of hydrogen-bond acceptors (Lipinski definition) is 3. The molecule has 1 aromatic heterocycles. The summed E-state index contributed by atoms with van der Waals surface area (Å²) in [7, 11) is 0. The van der Waals surface area contributed by atoms with Crippen LogP contribution in [0.25, 0.3) is 10.2 Å². The first kappa shape index (κ1) is 12.8. The van der Waals surface area contributed by atoms with E-state index in [1.54, 1.807) is 11.3 Å². The van der Waals surface area contributed by atoms with Gasteiger partial charge in [-0.2, -0.15) is 0 Å². The topological polar surface area (TPSA) is 24.9 Å². The lowest BCUT2D eigenvalue weighted by Gasteiger charge is -2.25. The second-order valence-electron chi connectivity index (χ2n) is 5.79. The van der Waals surface area contributed by atoms with Crippen LogP contribution in [0.3, 0.4) is 0 Å². The van der Waals surface area contributed by atoms with E-state index in [4.69, 9.17) is 4.98 Å². The third-order valence-electron chi connectivity index (χ3n) is 4.30. The zero-order valence-corrected chi connectivity index (χ0v) is 12.9. The summed E-state index contributed by atoms with van der Waals surface area (Å²) in [5.41, 5.74) is 5.39. The fourth-order valence-electron chi connectivity index (χ4n) is 3.14. The molecule has 21 heavy (non-hydrogen) atoms. The average Bonchev–Trinajstić information content (AvgIpc) is 2.91. The van der Waals surface area contributed by atoms with Gasteiger partial charge in [0.2, 0.25) is 0 Å². The summed E-state index contributed by atoms with van der Waals surface area (Å²) < 4.78 is 1.27. The number of hydrogen-bond donors (Lipinski definition) is 1. The molecule has 1 unspecified atom stereocenters. The van der Waals surface area contributed by atoms with Gasteiger partial charge >= 0.3 is 0 Å². The molecular weight excluding hydrogens is 276 g/mol. The van der Waals surface area contributed by atoms with E-state index in [0.29, 0.717) is 6.04 Å². The van der Waals surface area contributed by atoms with E-state index in [1.807, 2.05) is 0 Å². The van der Waals surface area contributed by atoms with E-state index < -0.39 is 0 Å². The van der Waals surface area contributed by atoms with Gasteiger partial charge in [-0.05, 0) is 48.9 Å². The van der Waals surface area contributed by atoms with Crippen molar-refractivity contribution < 1.29 is 0 Å². The highest BCUT2D eigenvalue weighted by molar-refractivity contribution is 7.22. The maximum Gasteiger partial charge on any atom is 0.184 e. The van der Waals surface area contributed by atoms with E-state index in [9.17, 15) is 0 Å². The van der Waals surface area contributed by atoms with E-state index in [2.05, 4.69) is 54.7 Å². The maximum absolute atomic E-state index is 4.77. The van der Waals surface area contributed by atoms with Gasteiger partial charge in [-0.1, -0.05) is 47.7 Å². The predicted molar refractivity (Wildman–Crippen MR) is 90.2 cm³/mol. The molecule has 1 heterocycles. The number of aromatic nitrogens is 1. The second kappa shape index (κ2) is 5.15. The lowest BCUT2D eigenvalue weighted by Crippen LogP contribution is -2.27. The van der Waals surface area contributed by atoms with Gasteiger partial charge in [-0.25, -0.2) is 4.98 Å². The summed E-state index contributed by atoms with van der Waals surface area (Å²) in [6.45, 7) is 2.13. The number of rotatable bonds is 2. The molecule has 0 radical (unpaired) electrons. The Morgan fingerprint density at radius 1 is 1.10 bits per heavy atom. The molecule has 0 amide bonds. The molecule has 1 N–H and O–H groups in total. The first-order chi connectivity index (χ1) is 10.3. The van der Waals surface area contributed by atoms with Crippen LogP contribution in [-0.4, -0.2) is 11.0 Å². The Hall–Kier alpha value is -1.87. The molecule has 0 saturated heterocycles. The van der Waals surface area contributed by atoms with Crippen molar-refractivity contribution in [2.45, 2.75) is 32.2 Å². The van der Waals surface area contributed by atoms with Crippen molar-refractivity contribution in [3.8, 4) is 0 Å². The quantitative estimate of drug-likeness (QED) is 0.748. The molecule has 0 fully saturated rings. The molecule has 0 spiro atoms. The smallest absolute Gasteiger partial charge is 0.184 e. The molecule has 2 nitrogen and oxygen atoms in total. The third-order valence-corrected chi connectivity index (χ3v) is 5.25. The van der Waals surface area contributed by atoms with E-state index in [1.165, 1.54) is 27.8 Å². The van der Waals surface area contributed by atoms with Crippen molar-refractivity contribution in [2.75, 3.05) is 5.32 Å². The van der Waals surface area contributed by atoms with Crippen LogP contribution in [0.1, 0.15) is 23.1 Å². The molecule has 1 atom stereocenters. The van der Waals surface area contributed by atoms with Crippen molar-refractivity contribution in [1.82, 2.24) is 4.98 Å². The lowest BCUT2D eigenvalue weighted by atomic mass is 9.88. The summed E-state index contributed by atoms with van der Waals surface area (Å²) in [5, 5.41) is 4.70. The molecule has 0 bridgehead atoms. The highest BCUT2D eigenvalue weighted by Gasteiger charge is 2.19. The molecule has 3 aromatic rings.